The summed E-state index contributed by atoms with van der Waals surface area (Å²) in [4.78, 5) is 23.2. The van der Waals surface area contributed by atoms with Gasteiger partial charge in [-0.25, -0.2) is 9.97 Å². The topological polar surface area (TPSA) is 67.8 Å². The van der Waals surface area contributed by atoms with Gasteiger partial charge in [0.15, 0.2) is 11.0 Å². The highest BCUT2D eigenvalue weighted by Gasteiger charge is 2.08. The normalized spacial score (nSPS) is 9.81. The molecule has 2 aromatic heterocycles. The second kappa shape index (κ2) is 4.67. The highest BCUT2D eigenvalue weighted by molar-refractivity contribution is 6.32. The number of nitrogens with one attached hydrogen (secondary N) is 1. The van der Waals surface area contributed by atoms with E-state index in [9.17, 15) is 4.79 Å². The predicted molar refractivity (Wildman–Crippen MR) is 59.2 cm³/mol. The summed E-state index contributed by atoms with van der Waals surface area (Å²) < 4.78 is 0. The molecule has 0 aliphatic rings. The smallest absolute Gasteiger partial charge is 0.257 e. The van der Waals surface area contributed by atoms with Crippen LogP contribution in [0.5, 0.6) is 0 Å². The number of hydrogen-bond donors (Lipinski definition) is 1. The zero-order valence-electron chi connectivity index (χ0n) is 8.09. The van der Waals surface area contributed by atoms with Crippen molar-refractivity contribution in [1.82, 2.24) is 15.0 Å². The Morgan fingerprint density at radius 1 is 1.12 bits per heavy atom. The molecule has 0 unspecified atom stereocenters. The number of hydrogen-bond acceptors (Lipinski definition) is 4. The van der Waals surface area contributed by atoms with Crippen molar-refractivity contribution in [2.45, 2.75) is 0 Å². The number of halogens is 1. The molecule has 0 atom stereocenters. The van der Waals surface area contributed by atoms with Gasteiger partial charge in [-0.1, -0.05) is 11.6 Å². The van der Waals surface area contributed by atoms with Gasteiger partial charge in [-0.15, -0.1) is 0 Å². The van der Waals surface area contributed by atoms with Crippen LogP contribution in [0, 0.1) is 0 Å². The van der Waals surface area contributed by atoms with Gasteiger partial charge in [0, 0.05) is 30.4 Å². The van der Waals surface area contributed by atoms with Gasteiger partial charge in [-0.3, -0.25) is 9.78 Å². The van der Waals surface area contributed by atoms with Crippen LogP contribution in [0.15, 0.2) is 36.9 Å². The van der Waals surface area contributed by atoms with E-state index in [1.807, 2.05) is 0 Å². The molecule has 2 aromatic rings. The molecule has 0 aromatic carbocycles. The Balaban J connectivity index is 2.18. The summed E-state index contributed by atoms with van der Waals surface area (Å²) in [6, 6.07) is 3.19. The molecule has 2 heterocycles. The third-order valence-electron chi connectivity index (χ3n) is 1.83. The van der Waals surface area contributed by atoms with Gasteiger partial charge in [0.2, 0.25) is 0 Å². The first-order valence-electron chi connectivity index (χ1n) is 4.45. The van der Waals surface area contributed by atoms with Crippen LogP contribution in [-0.2, 0) is 0 Å². The third-order valence-corrected chi connectivity index (χ3v) is 2.10. The van der Waals surface area contributed by atoms with Crippen molar-refractivity contribution >= 4 is 23.3 Å². The summed E-state index contributed by atoms with van der Waals surface area (Å²) in [7, 11) is 0. The summed E-state index contributed by atoms with van der Waals surface area (Å²) in [5, 5.41) is 2.71. The SMILES string of the molecule is O=C(Nc1nccnc1Cl)c1ccncc1. The van der Waals surface area contributed by atoms with Crippen LogP contribution in [0.25, 0.3) is 0 Å². The van der Waals surface area contributed by atoms with Crippen molar-refractivity contribution in [3.05, 3.63) is 47.6 Å². The fraction of sp³-hybridized carbons (Fsp3) is 0. The van der Waals surface area contributed by atoms with Crippen LogP contribution in [0.1, 0.15) is 10.4 Å². The van der Waals surface area contributed by atoms with E-state index >= 15 is 0 Å². The molecule has 0 radical (unpaired) electrons. The number of carbonyl (C=O) groups excluding carboxylic acids is 1. The van der Waals surface area contributed by atoms with Gasteiger partial charge in [0.1, 0.15) is 0 Å². The van der Waals surface area contributed by atoms with Crippen LogP contribution < -0.4 is 5.32 Å². The number of pyridine rings is 1. The number of anilines is 1. The van der Waals surface area contributed by atoms with Crippen LogP contribution in [-0.4, -0.2) is 20.9 Å². The molecule has 0 spiro atoms. The number of amides is 1. The molecule has 1 N–H and O–H groups in total. The Morgan fingerprint density at radius 2 is 1.81 bits per heavy atom. The minimum Gasteiger partial charge on any atom is -0.304 e. The molecule has 0 bridgehead atoms. The van der Waals surface area contributed by atoms with E-state index in [2.05, 4.69) is 20.3 Å². The van der Waals surface area contributed by atoms with Gasteiger partial charge >= 0.3 is 0 Å². The molecule has 16 heavy (non-hydrogen) atoms. The van der Waals surface area contributed by atoms with Crippen LogP contribution in [0.2, 0.25) is 5.15 Å². The molecular formula is C10H7ClN4O. The van der Waals surface area contributed by atoms with Gasteiger partial charge in [0.05, 0.1) is 0 Å². The van der Waals surface area contributed by atoms with E-state index in [0.717, 1.165) is 0 Å². The van der Waals surface area contributed by atoms with Crippen LogP contribution in [0.3, 0.4) is 0 Å². The molecule has 2 rings (SSSR count). The van der Waals surface area contributed by atoms with Crippen LogP contribution >= 0.6 is 11.6 Å². The van der Waals surface area contributed by atoms with Crippen molar-refractivity contribution < 1.29 is 4.79 Å². The molecular weight excluding hydrogens is 228 g/mol. The minimum atomic E-state index is -0.301. The van der Waals surface area contributed by atoms with Crippen molar-refractivity contribution in [1.29, 1.82) is 0 Å². The van der Waals surface area contributed by atoms with Crippen molar-refractivity contribution in [3.63, 3.8) is 0 Å². The van der Waals surface area contributed by atoms with E-state index < -0.39 is 0 Å². The maximum absolute atomic E-state index is 11.7. The van der Waals surface area contributed by atoms with E-state index in [0.29, 0.717) is 5.56 Å². The van der Waals surface area contributed by atoms with E-state index in [4.69, 9.17) is 11.6 Å². The monoisotopic (exact) mass is 234 g/mol. The zero-order valence-corrected chi connectivity index (χ0v) is 8.85. The largest absolute Gasteiger partial charge is 0.304 e. The van der Waals surface area contributed by atoms with E-state index in [1.165, 1.54) is 24.8 Å². The van der Waals surface area contributed by atoms with Crippen LogP contribution in [0.4, 0.5) is 5.82 Å². The Hall–Kier alpha value is -2.01. The van der Waals surface area contributed by atoms with Crippen molar-refractivity contribution in [3.8, 4) is 0 Å². The number of nitrogens with zero attached hydrogens (tertiary/aromatic N) is 3. The van der Waals surface area contributed by atoms with Gasteiger partial charge in [0.25, 0.3) is 5.91 Å². The Kier molecular flexibility index (Phi) is 3.07. The Morgan fingerprint density at radius 3 is 2.50 bits per heavy atom. The average Bonchev–Trinajstić information content (AvgIpc) is 2.33. The first-order chi connectivity index (χ1) is 7.77. The van der Waals surface area contributed by atoms with Crippen molar-refractivity contribution in [2.24, 2.45) is 0 Å². The lowest BCUT2D eigenvalue weighted by molar-refractivity contribution is 0.102. The summed E-state index contributed by atoms with van der Waals surface area (Å²) in [6.45, 7) is 0. The van der Waals surface area contributed by atoms with Crippen molar-refractivity contribution in [2.75, 3.05) is 5.32 Å². The fourth-order valence-electron chi connectivity index (χ4n) is 1.09. The maximum atomic E-state index is 11.7. The third kappa shape index (κ3) is 2.32. The number of aromatic nitrogens is 3. The predicted octanol–water partition coefficient (Wildman–Crippen LogP) is 1.78. The quantitative estimate of drug-likeness (QED) is 0.860. The molecule has 6 heteroatoms. The Bertz CT molecular complexity index is 503. The lowest BCUT2D eigenvalue weighted by atomic mass is 10.2. The van der Waals surface area contributed by atoms with E-state index in [-0.39, 0.29) is 16.9 Å². The summed E-state index contributed by atoms with van der Waals surface area (Å²) in [5.74, 6) is -0.0595. The summed E-state index contributed by atoms with van der Waals surface area (Å²) in [5.41, 5.74) is 0.483. The second-order valence-corrected chi connectivity index (χ2v) is 3.24. The average molecular weight is 235 g/mol. The first-order valence-corrected chi connectivity index (χ1v) is 4.83. The molecule has 1 amide bonds. The maximum Gasteiger partial charge on any atom is 0.257 e. The fourth-order valence-corrected chi connectivity index (χ4v) is 1.24. The molecule has 0 aliphatic carbocycles. The van der Waals surface area contributed by atoms with Gasteiger partial charge < -0.3 is 5.32 Å². The lowest BCUT2D eigenvalue weighted by Gasteiger charge is -2.04. The molecule has 0 fully saturated rings. The molecule has 80 valence electrons. The molecule has 0 saturated carbocycles. The standard InChI is InChI=1S/C10H7ClN4O/c11-8-9(14-6-5-13-8)15-10(16)7-1-3-12-4-2-7/h1-6H,(H,14,15,16). The van der Waals surface area contributed by atoms with Gasteiger partial charge in [-0.2, -0.15) is 0 Å². The molecule has 0 aliphatic heterocycles. The molecule has 5 nitrogen and oxygen atoms in total. The second-order valence-electron chi connectivity index (χ2n) is 2.89. The zero-order chi connectivity index (χ0) is 11.4. The first kappa shape index (κ1) is 10.5. The minimum absolute atomic E-state index is 0.157. The number of rotatable bonds is 2. The highest BCUT2D eigenvalue weighted by Crippen LogP contribution is 2.14. The highest BCUT2D eigenvalue weighted by atomic mass is 35.5. The molecule has 0 saturated heterocycles. The number of carbonyl (C=O) groups is 1. The summed E-state index contributed by atoms with van der Waals surface area (Å²) >= 11 is 5.76. The van der Waals surface area contributed by atoms with Gasteiger partial charge in [-0.05, 0) is 12.1 Å². The Labute approximate surface area is 96.5 Å². The van der Waals surface area contributed by atoms with E-state index in [1.54, 1.807) is 12.1 Å². The summed E-state index contributed by atoms with van der Waals surface area (Å²) in [6.07, 6.45) is 5.97. The lowest BCUT2D eigenvalue weighted by Crippen LogP contribution is -2.13.